The van der Waals surface area contributed by atoms with E-state index >= 15 is 0 Å². The summed E-state index contributed by atoms with van der Waals surface area (Å²) >= 11 is 0. The summed E-state index contributed by atoms with van der Waals surface area (Å²) in [6.07, 6.45) is 1.86. The maximum atomic E-state index is 12.9. The van der Waals surface area contributed by atoms with E-state index in [0.717, 1.165) is 47.1 Å². The predicted molar refractivity (Wildman–Crippen MR) is 120 cm³/mol. The van der Waals surface area contributed by atoms with Crippen LogP contribution in [-0.2, 0) is 24.2 Å². The van der Waals surface area contributed by atoms with Crippen molar-refractivity contribution in [1.29, 1.82) is 0 Å². The van der Waals surface area contributed by atoms with Crippen LogP contribution in [0.25, 0.3) is 11.3 Å². The van der Waals surface area contributed by atoms with Gasteiger partial charge in [-0.1, -0.05) is 30.3 Å². The molecule has 2 aromatic carbocycles. The van der Waals surface area contributed by atoms with Crippen molar-refractivity contribution in [3.05, 3.63) is 71.5 Å². The zero-order chi connectivity index (χ0) is 21.6. The van der Waals surface area contributed by atoms with E-state index in [1.54, 1.807) is 0 Å². The number of carbonyl (C=O) groups is 1. The van der Waals surface area contributed by atoms with Gasteiger partial charge in [0.1, 0.15) is 11.5 Å². The van der Waals surface area contributed by atoms with Crippen LogP contribution < -0.4 is 9.47 Å². The third-order valence-corrected chi connectivity index (χ3v) is 5.54. The molecule has 0 unspecified atom stereocenters. The molecule has 0 fully saturated rings. The Kier molecular flexibility index (Phi) is 6.60. The Balaban J connectivity index is 1.39. The number of furan rings is 1. The van der Waals surface area contributed by atoms with Gasteiger partial charge in [0.05, 0.1) is 13.2 Å². The molecule has 1 amide bonds. The van der Waals surface area contributed by atoms with Gasteiger partial charge in [-0.2, -0.15) is 0 Å². The number of rotatable bonds is 8. The van der Waals surface area contributed by atoms with Crippen molar-refractivity contribution in [3.63, 3.8) is 0 Å². The second-order valence-electron chi connectivity index (χ2n) is 7.63. The van der Waals surface area contributed by atoms with Crippen molar-refractivity contribution in [1.82, 2.24) is 4.90 Å². The molecule has 0 N–H and O–H groups in total. The molecule has 162 valence electrons. The summed E-state index contributed by atoms with van der Waals surface area (Å²) in [4.78, 5) is 14.8. The third kappa shape index (κ3) is 4.93. The van der Waals surface area contributed by atoms with Gasteiger partial charge in [-0.05, 0) is 55.7 Å². The first kappa shape index (κ1) is 21.0. The highest BCUT2D eigenvalue weighted by molar-refractivity contribution is 5.77. The Morgan fingerprint density at radius 1 is 0.968 bits per heavy atom. The number of benzene rings is 2. The van der Waals surface area contributed by atoms with Crippen LogP contribution in [0.15, 0.2) is 59.0 Å². The lowest BCUT2D eigenvalue weighted by molar-refractivity contribution is -0.132. The van der Waals surface area contributed by atoms with Crippen molar-refractivity contribution >= 4 is 5.91 Å². The number of ether oxygens (including phenoxy) is 2. The molecule has 0 saturated carbocycles. The molecule has 31 heavy (non-hydrogen) atoms. The van der Waals surface area contributed by atoms with E-state index < -0.39 is 0 Å². The molecule has 4 rings (SSSR count). The largest absolute Gasteiger partial charge is 0.490 e. The molecule has 5 heteroatoms. The second kappa shape index (κ2) is 9.73. The lowest BCUT2D eigenvalue weighted by Crippen LogP contribution is -2.36. The fourth-order valence-electron chi connectivity index (χ4n) is 3.97. The topological polar surface area (TPSA) is 51.9 Å². The van der Waals surface area contributed by atoms with Crippen LogP contribution in [0, 0.1) is 0 Å². The van der Waals surface area contributed by atoms with E-state index in [1.165, 1.54) is 5.56 Å². The number of carbonyl (C=O) groups excluding carboxylic acids is 1. The van der Waals surface area contributed by atoms with E-state index in [2.05, 4.69) is 6.07 Å². The van der Waals surface area contributed by atoms with E-state index in [1.807, 2.05) is 67.3 Å². The molecule has 0 atom stereocenters. The first-order chi connectivity index (χ1) is 15.2. The Morgan fingerprint density at radius 2 is 1.68 bits per heavy atom. The normalized spacial score (nSPS) is 13.0. The van der Waals surface area contributed by atoms with E-state index in [4.69, 9.17) is 13.9 Å². The van der Waals surface area contributed by atoms with Crippen LogP contribution in [0.2, 0.25) is 0 Å². The molecular weight excluding hydrogens is 390 g/mol. The monoisotopic (exact) mass is 419 g/mol. The molecule has 0 aliphatic carbocycles. The summed E-state index contributed by atoms with van der Waals surface area (Å²) in [5.41, 5.74) is 3.41. The van der Waals surface area contributed by atoms with E-state index in [0.29, 0.717) is 32.6 Å². The molecule has 3 aromatic rings. The summed E-state index contributed by atoms with van der Waals surface area (Å²) in [7, 11) is 0. The van der Waals surface area contributed by atoms with Crippen LogP contribution in [-0.4, -0.2) is 30.6 Å². The number of hydrogen-bond acceptors (Lipinski definition) is 4. The average molecular weight is 420 g/mol. The molecule has 2 heterocycles. The lowest BCUT2D eigenvalue weighted by atomic mass is 9.98. The van der Waals surface area contributed by atoms with Crippen LogP contribution in [0.4, 0.5) is 0 Å². The molecule has 0 saturated heterocycles. The molecule has 1 aromatic heterocycles. The maximum absolute atomic E-state index is 12.9. The van der Waals surface area contributed by atoms with Crippen LogP contribution in [0.3, 0.4) is 0 Å². The summed E-state index contributed by atoms with van der Waals surface area (Å²) < 4.78 is 17.4. The van der Waals surface area contributed by atoms with Crippen molar-refractivity contribution in [2.45, 2.75) is 39.7 Å². The molecule has 0 radical (unpaired) electrons. The van der Waals surface area contributed by atoms with Crippen LogP contribution in [0.5, 0.6) is 11.5 Å². The van der Waals surface area contributed by atoms with Crippen LogP contribution >= 0.6 is 0 Å². The van der Waals surface area contributed by atoms with Crippen molar-refractivity contribution in [2.75, 3.05) is 19.8 Å². The molecule has 0 spiro atoms. The van der Waals surface area contributed by atoms with Crippen molar-refractivity contribution in [2.24, 2.45) is 0 Å². The highest BCUT2D eigenvalue weighted by atomic mass is 16.5. The predicted octanol–water partition coefficient (Wildman–Crippen LogP) is 5.26. The first-order valence-corrected chi connectivity index (χ1v) is 11.0. The number of hydrogen-bond donors (Lipinski definition) is 0. The molecule has 1 aliphatic rings. The fraction of sp³-hybridized carbons (Fsp3) is 0.346. The minimum Gasteiger partial charge on any atom is -0.490 e. The van der Waals surface area contributed by atoms with Gasteiger partial charge in [-0.15, -0.1) is 0 Å². The second-order valence-corrected chi connectivity index (χ2v) is 7.63. The van der Waals surface area contributed by atoms with E-state index in [9.17, 15) is 4.79 Å². The number of fused-ring (bicyclic) bond motifs is 1. The minimum absolute atomic E-state index is 0.148. The summed E-state index contributed by atoms with van der Waals surface area (Å²) in [6, 6.07) is 18.0. The van der Waals surface area contributed by atoms with Crippen molar-refractivity contribution in [3.8, 4) is 22.8 Å². The Labute approximate surface area is 183 Å². The Hall–Kier alpha value is -3.21. The zero-order valence-electron chi connectivity index (χ0n) is 18.2. The molecule has 5 nitrogen and oxygen atoms in total. The average Bonchev–Trinajstić information content (AvgIpc) is 3.27. The van der Waals surface area contributed by atoms with Gasteiger partial charge in [-0.3, -0.25) is 4.79 Å². The number of aryl methyl sites for hydroxylation is 1. The standard InChI is InChI=1S/C26H29NO4/c1-3-29-24-16-20-14-15-27(18-21(20)17-25(24)30-4-2)26(28)13-11-22-10-12-23(31-22)19-8-6-5-7-9-19/h5-10,12,16-17H,3-4,11,13-15,18H2,1-2H3. The Morgan fingerprint density at radius 3 is 2.39 bits per heavy atom. The van der Waals surface area contributed by atoms with Gasteiger partial charge in [0, 0.05) is 31.5 Å². The zero-order valence-corrected chi connectivity index (χ0v) is 18.2. The molecule has 0 bridgehead atoms. The minimum atomic E-state index is 0.148. The SMILES string of the molecule is CCOc1cc2c(cc1OCC)CN(C(=O)CCc1ccc(-c3ccccc3)o1)CC2. The molecule has 1 aliphatic heterocycles. The van der Waals surface area contributed by atoms with Gasteiger partial charge >= 0.3 is 0 Å². The van der Waals surface area contributed by atoms with Gasteiger partial charge in [-0.25, -0.2) is 0 Å². The van der Waals surface area contributed by atoms with Crippen LogP contribution in [0.1, 0.15) is 37.2 Å². The highest BCUT2D eigenvalue weighted by Gasteiger charge is 2.23. The van der Waals surface area contributed by atoms with Gasteiger partial charge in [0.25, 0.3) is 0 Å². The maximum Gasteiger partial charge on any atom is 0.223 e. The summed E-state index contributed by atoms with van der Waals surface area (Å²) in [5, 5.41) is 0. The van der Waals surface area contributed by atoms with E-state index in [-0.39, 0.29) is 5.91 Å². The van der Waals surface area contributed by atoms with Gasteiger partial charge in [0.15, 0.2) is 11.5 Å². The van der Waals surface area contributed by atoms with Crippen molar-refractivity contribution < 1.29 is 18.7 Å². The number of nitrogens with zero attached hydrogens (tertiary/aromatic N) is 1. The molecular formula is C26H29NO4. The van der Waals surface area contributed by atoms with Gasteiger partial charge < -0.3 is 18.8 Å². The Bertz CT molecular complexity index is 1030. The lowest BCUT2D eigenvalue weighted by Gasteiger charge is -2.30. The highest BCUT2D eigenvalue weighted by Crippen LogP contribution is 2.34. The number of amides is 1. The summed E-state index contributed by atoms with van der Waals surface area (Å²) in [6.45, 7) is 6.44. The van der Waals surface area contributed by atoms with Gasteiger partial charge in [0.2, 0.25) is 5.91 Å². The third-order valence-electron chi connectivity index (χ3n) is 5.54. The fourth-order valence-corrected chi connectivity index (χ4v) is 3.97. The first-order valence-electron chi connectivity index (χ1n) is 11.0. The summed E-state index contributed by atoms with van der Waals surface area (Å²) in [5.74, 6) is 3.36. The quantitative estimate of drug-likeness (QED) is 0.500. The smallest absolute Gasteiger partial charge is 0.223 e.